The highest BCUT2D eigenvalue weighted by Crippen LogP contribution is 2.39. The van der Waals surface area contributed by atoms with Crippen LogP contribution in [0.1, 0.15) is 5.76 Å². The average Bonchev–Trinajstić information content (AvgIpc) is 3.20. The largest absolute Gasteiger partial charge is 0.418 e. The van der Waals surface area contributed by atoms with Gasteiger partial charge < -0.3 is 13.8 Å². The Bertz CT molecular complexity index is 1180. The lowest BCUT2D eigenvalue weighted by molar-refractivity contribution is 0.211. The van der Waals surface area contributed by atoms with Gasteiger partial charge in [-0.1, -0.05) is 46.0 Å². The SMILES string of the molecule is Cc1onc(-c2c(Cl)cccc2Cl)c1NC(=O)Oc1noc2ccc(Cl)cc12. The van der Waals surface area contributed by atoms with Crippen LogP contribution in [0.15, 0.2) is 45.4 Å². The van der Waals surface area contributed by atoms with E-state index in [9.17, 15) is 4.79 Å². The molecule has 0 bridgehead atoms. The number of hydrogen-bond acceptors (Lipinski definition) is 6. The van der Waals surface area contributed by atoms with Gasteiger partial charge in [-0.2, -0.15) is 0 Å². The molecule has 0 fully saturated rings. The molecule has 142 valence electrons. The first-order chi connectivity index (χ1) is 13.4. The predicted molar refractivity (Wildman–Crippen MR) is 105 cm³/mol. The molecule has 0 aliphatic rings. The zero-order valence-electron chi connectivity index (χ0n) is 14.1. The Morgan fingerprint density at radius 2 is 1.82 bits per heavy atom. The molecule has 0 aliphatic heterocycles. The van der Waals surface area contributed by atoms with Gasteiger partial charge in [-0.3, -0.25) is 5.32 Å². The number of nitrogens with one attached hydrogen (secondary N) is 1. The molecular weight excluding hydrogens is 429 g/mol. The zero-order chi connectivity index (χ0) is 19.8. The Morgan fingerprint density at radius 3 is 2.57 bits per heavy atom. The molecule has 7 nitrogen and oxygen atoms in total. The minimum Gasteiger partial charge on any atom is -0.387 e. The van der Waals surface area contributed by atoms with Gasteiger partial charge in [0, 0.05) is 10.6 Å². The van der Waals surface area contributed by atoms with Crippen LogP contribution in [0.3, 0.4) is 0 Å². The zero-order valence-corrected chi connectivity index (χ0v) is 16.4. The standard InChI is InChI=1S/C18H10Cl3N3O4/c1-8-15(16(23-27-8)14-11(20)3-2-4-12(14)21)22-18(25)26-17-10-7-9(19)5-6-13(10)28-24-17/h2-7H,1H3,(H,22,25). The van der Waals surface area contributed by atoms with E-state index in [2.05, 4.69) is 15.6 Å². The smallest absolute Gasteiger partial charge is 0.387 e. The van der Waals surface area contributed by atoms with Gasteiger partial charge in [0.1, 0.15) is 11.4 Å². The number of fused-ring (bicyclic) bond motifs is 1. The number of hydrogen-bond donors (Lipinski definition) is 1. The number of aryl methyl sites for hydroxylation is 1. The normalized spacial score (nSPS) is 11.0. The first-order valence-electron chi connectivity index (χ1n) is 7.88. The van der Waals surface area contributed by atoms with Crippen molar-refractivity contribution in [3.05, 3.63) is 57.2 Å². The fourth-order valence-electron chi connectivity index (χ4n) is 2.59. The molecule has 0 saturated carbocycles. The number of carbonyl (C=O) groups is 1. The van der Waals surface area contributed by atoms with Crippen molar-refractivity contribution in [1.29, 1.82) is 0 Å². The van der Waals surface area contributed by atoms with Crippen molar-refractivity contribution in [1.82, 2.24) is 10.3 Å². The van der Waals surface area contributed by atoms with Gasteiger partial charge in [-0.25, -0.2) is 4.79 Å². The number of anilines is 1. The van der Waals surface area contributed by atoms with E-state index in [1.165, 1.54) is 0 Å². The third-order valence-corrected chi connectivity index (χ3v) is 4.74. The first-order valence-corrected chi connectivity index (χ1v) is 9.02. The summed E-state index contributed by atoms with van der Waals surface area (Å²) < 4.78 is 15.6. The van der Waals surface area contributed by atoms with Crippen LogP contribution in [0.4, 0.5) is 10.5 Å². The van der Waals surface area contributed by atoms with Crippen LogP contribution in [0.5, 0.6) is 5.88 Å². The molecule has 28 heavy (non-hydrogen) atoms. The Balaban J connectivity index is 1.64. The van der Waals surface area contributed by atoms with Gasteiger partial charge in [0.05, 0.1) is 15.4 Å². The number of benzene rings is 2. The first kappa shape index (κ1) is 18.6. The predicted octanol–water partition coefficient (Wildman–Crippen LogP) is 6.36. The van der Waals surface area contributed by atoms with E-state index in [0.29, 0.717) is 37.4 Å². The molecule has 0 atom stereocenters. The summed E-state index contributed by atoms with van der Waals surface area (Å²) >= 11 is 18.4. The Kier molecular flexibility index (Phi) is 4.89. The number of amides is 1. The van der Waals surface area contributed by atoms with E-state index in [-0.39, 0.29) is 17.3 Å². The van der Waals surface area contributed by atoms with E-state index >= 15 is 0 Å². The summed E-state index contributed by atoms with van der Waals surface area (Å²) in [4.78, 5) is 12.4. The molecule has 10 heteroatoms. The fourth-order valence-corrected chi connectivity index (χ4v) is 3.34. The highest BCUT2D eigenvalue weighted by molar-refractivity contribution is 6.39. The molecule has 2 heterocycles. The monoisotopic (exact) mass is 437 g/mol. The maximum Gasteiger partial charge on any atom is 0.418 e. The Hall–Kier alpha value is -2.74. The lowest BCUT2D eigenvalue weighted by atomic mass is 10.1. The number of ether oxygens (including phenoxy) is 1. The van der Waals surface area contributed by atoms with Gasteiger partial charge in [0.25, 0.3) is 5.88 Å². The third kappa shape index (κ3) is 3.40. The number of rotatable bonds is 3. The topological polar surface area (TPSA) is 90.4 Å². The third-order valence-electron chi connectivity index (χ3n) is 3.88. The van der Waals surface area contributed by atoms with Gasteiger partial charge in [0.15, 0.2) is 11.3 Å². The molecule has 2 aromatic carbocycles. The van der Waals surface area contributed by atoms with Crippen LogP contribution in [-0.2, 0) is 0 Å². The average molecular weight is 439 g/mol. The minimum atomic E-state index is -0.828. The van der Waals surface area contributed by atoms with Crippen LogP contribution in [-0.4, -0.2) is 16.4 Å². The summed E-state index contributed by atoms with van der Waals surface area (Å²) in [5, 5.41) is 11.9. The highest BCUT2D eigenvalue weighted by Gasteiger charge is 2.23. The summed E-state index contributed by atoms with van der Waals surface area (Å²) in [6.07, 6.45) is -0.828. The Morgan fingerprint density at radius 1 is 1.07 bits per heavy atom. The molecular formula is C18H10Cl3N3O4. The Labute approximate surface area is 173 Å². The number of carbonyl (C=O) groups excluding carboxylic acids is 1. The van der Waals surface area contributed by atoms with Gasteiger partial charge >= 0.3 is 6.09 Å². The van der Waals surface area contributed by atoms with Crippen LogP contribution < -0.4 is 10.1 Å². The summed E-state index contributed by atoms with van der Waals surface area (Å²) in [7, 11) is 0. The number of halogens is 3. The molecule has 1 amide bonds. The van der Waals surface area contributed by atoms with Crippen molar-refractivity contribution >= 4 is 57.6 Å². The quantitative estimate of drug-likeness (QED) is 0.400. The van der Waals surface area contributed by atoms with E-state index in [1.54, 1.807) is 43.3 Å². The van der Waals surface area contributed by atoms with E-state index < -0.39 is 6.09 Å². The van der Waals surface area contributed by atoms with Gasteiger partial charge in [0.2, 0.25) is 0 Å². The minimum absolute atomic E-state index is 0.0265. The fraction of sp³-hybridized carbons (Fsp3) is 0.0556. The molecule has 0 aliphatic carbocycles. The van der Waals surface area contributed by atoms with E-state index in [4.69, 9.17) is 48.6 Å². The van der Waals surface area contributed by atoms with Crippen molar-refractivity contribution in [2.45, 2.75) is 6.92 Å². The van der Waals surface area contributed by atoms with Crippen molar-refractivity contribution < 1.29 is 18.6 Å². The van der Waals surface area contributed by atoms with Gasteiger partial charge in [-0.15, -0.1) is 0 Å². The van der Waals surface area contributed by atoms with Crippen LogP contribution in [0.25, 0.3) is 22.2 Å². The summed E-state index contributed by atoms with van der Waals surface area (Å²) in [5.41, 5.74) is 1.40. The van der Waals surface area contributed by atoms with Crippen molar-refractivity contribution in [2.24, 2.45) is 0 Å². The summed E-state index contributed by atoms with van der Waals surface area (Å²) in [6.45, 7) is 1.63. The molecule has 2 aromatic heterocycles. The second-order valence-corrected chi connectivity index (χ2v) is 6.95. The maximum atomic E-state index is 12.4. The summed E-state index contributed by atoms with van der Waals surface area (Å²) in [5.74, 6) is 0.317. The molecule has 4 aromatic rings. The van der Waals surface area contributed by atoms with Crippen LogP contribution in [0, 0.1) is 6.92 Å². The van der Waals surface area contributed by atoms with Crippen molar-refractivity contribution in [3.63, 3.8) is 0 Å². The summed E-state index contributed by atoms with van der Waals surface area (Å²) in [6, 6.07) is 9.84. The lowest BCUT2D eigenvalue weighted by Gasteiger charge is -2.08. The molecule has 1 N–H and O–H groups in total. The molecule has 0 radical (unpaired) electrons. The van der Waals surface area contributed by atoms with Crippen LogP contribution in [0.2, 0.25) is 15.1 Å². The second-order valence-electron chi connectivity index (χ2n) is 5.70. The molecule has 0 unspecified atom stereocenters. The number of aromatic nitrogens is 2. The van der Waals surface area contributed by atoms with E-state index in [1.807, 2.05) is 0 Å². The van der Waals surface area contributed by atoms with E-state index in [0.717, 1.165) is 0 Å². The molecule has 4 rings (SSSR count). The highest BCUT2D eigenvalue weighted by atomic mass is 35.5. The number of nitrogens with zero attached hydrogens (tertiary/aromatic N) is 2. The van der Waals surface area contributed by atoms with Gasteiger partial charge in [-0.05, 0) is 42.4 Å². The van der Waals surface area contributed by atoms with Crippen molar-refractivity contribution in [2.75, 3.05) is 5.32 Å². The molecule has 0 spiro atoms. The second kappa shape index (κ2) is 7.35. The van der Waals surface area contributed by atoms with Crippen LogP contribution >= 0.6 is 34.8 Å². The molecule has 0 saturated heterocycles. The maximum absolute atomic E-state index is 12.4. The van der Waals surface area contributed by atoms with Crippen molar-refractivity contribution in [3.8, 4) is 17.1 Å². The lowest BCUT2D eigenvalue weighted by Crippen LogP contribution is -2.17.